The van der Waals surface area contributed by atoms with Gasteiger partial charge >= 0.3 is 6.09 Å². The monoisotopic (exact) mass is 488 g/mol. The standard InChI is InChI=1S/C23H29FN6O3S/c1-15(31)28-13-19-14-30(23(32)33-19)18-6-7-20(21(24)10-18)17-4-2-16(3-5-17)12-27-8-9-34-22(11-25)29-26/h2-7,10-11,19,27,29H,8-9,12-14,25-26H2,1H3,(H,28,31)/b22-11+. The first kappa shape index (κ1) is 25.3. The third-order valence-corrected chi connectivity index (χ3v) is 6.11. The van der Waals surface area contributed by atoms with Crippen LogP contribution in [-0.2, 0) is 16.1 Å². The molecular formula is C23H29FN6O3S. The fourth-order valence-electron chi connectivity index (χ4n) is 3.41. The van der Waals surface area contributed by atoms with E-state index in [0.717, 1.165) is 23.4 Å². The number of amides is 2. The van der Waals surface area contributed by atoms with Gasteiger partial charge in [-0.15, -0.1) is 11.8 Å². The molecule has 34 heavy (non-hydrogen) atoms. The molecule has 9 nitrogen and oxygen atoms in total. The summed E-state index contributed by atoms with van der Waals surface area (Å²) in [6, 6.07) is 12.3. The van der Waals surface area contributed by atoms with E-state index in [1.54, 1.807) is 12.1 Å². The summed E-state index contributed by atoms with van der Waals surface area (Å²) in [4.78, 5) is 24.6. The Morgan fingerprint density at radius 3 is 2.71 bits per heavy atom. The summed E-state index contributed by atoms with van der Waals surface area (Å²) in [5.74, 6) is 5.50. The highest BCUT2D eigenvalue weighted by Gasteiger charge is 2.32. The molecule has 1 atom stereocenters. The largest absolute Gasteiger partial charge is 0.442 e. The van der Waals surface area contributed by atoms with Gasteiger partial charge in [0, 0.05) is 37.5 Å². The molecule has 0 bridgehead atoms. The van der Waals surface area contributed by atoms with Gasteiger partial charge in [-0.2, -0.15) is 0 Å². The number of ether oxygens (including phenoxy) is 1. The van der Waals surface area contributed by atoms with Crippen molar-refractivity contribution >= 4 is 29.4 Å². The van der Waals surface area contributed by atoms with Crippen LogP contribution in [0.4, 0.5) is 14.9 Å². The molecule has 1 fully saturated rings. The van der Waals surface area contributed by atoms with Crippen LogP contribution in [0.25, 0.3) is 11.1 Å². The van der Waals surface area contributed by atoms with Crippen LogP contribution in [0.15, 0.2) is 53.7 Å². The van der Waals surface area contributed by atoms with Crippen LogP contribution in [0.5, 0.6) is 0 Å². The van der Waals surface area contributed by atoms with Crippen molar-refractivity contribution in [2.45, 2.75) is 19.6 Å². The van der Waals surface area contributed by atoms with Crippen LogP contribution < -0.4 is 32.5 Å². The molecule has 0 spiro atoms. The molecule has 0 saturated carbocycles. The van der Waals surface area contributed by atoms with Crippen molar-refractivity contribution in [3.05, 3.63) is 65.1 Å². The number of cyclic esters (lactones) is 1. The summed E-state index contributed by atoms with van der Waals surface area (Å²) in [6.07, 6.45) is 0.388. The minimum absolute atomic E-state index is 0.204. The Hall–Kier alpha value is -3.28. The van der Waals surface area contributed by atoms with Crippen LogP contribution in [0.1, 0.15) is 12.5 Å². The number of anilines is 1. The number of nitrogens with two attached hydrogens (primary N) is 2. The maximum Gasteiger partial charge on any atom is 0.414 e. The van der Waals surface area contributed by atoms with Crippen LogP contribution >= 0.6 is 11.8 Å². The highest BCUT2D eigenvalue weighted by Crippen LogP contribution is 2.29. The minimum Gasteiger partial charge on any atom is -0.442 e. The van der Waals surface area contributed by atoms with Gasteiger partial charge in [0.05, 0.1) is 23.8 Å². The predicted octanol–water partition coefficient (Wildman–Crippen LogP) is 2.00. The normalized spacial score (nSPS) is 15.9. The number of hydrazine groups is 1. The molecule has 2 aromatic carbocycles. The van der Waals surface area contributed by atoms with Crippen LogP contribution in [-0.4, -0.2) is 43.5 Å². The van der Waals surface area contributed by atoms with Gasteiger partial charge in [-0.3, -0.25) is 9.69 Å². The second kappa shape index (κ2) is 12.3. The van der Waals surface area contributed by atoms with E-state index in [9.17, 15) is 14.0 Å². The second-order valence-electron chi connectivity index (χ2n) is 7.62. The predicted molar refractivity (Wildman–Crippen MR) is 132 cm³/mol. The number of carbonyl (C=O) groups is 2. The van der Waals surface area contributed by atoms with Crippen molar-refractivity contribution in [1.82, 2.24) is 16.1 Å². The van der Waals surface area contributed by atoms with Gasteiger partial charge in [0.2, 0.25) is 5.91 Å². The van der Waals surface area contributed by atoms with Crippen LogP contribution in [0.2, 0.25) is 0 Å². The number of halogens is 1. The minimum atomic E-state index is -0.563. The second-order valence-corrected chi connectivity index (χ2v) is 8.75. The number of rotatable bonds is 11. The molecule has 182 valence electrons. The quantitative estimate of drug-likeness (QED) is 0.184. The zero-order valence-electron chi connectivity index (χ0n) is 18.8. The van der Waals surface area contributed by atoms with E-state index >= 15 is 0 Å². The summed E-state index contributed by atoms with van der Waals surface area (Å²) >= 11 is 1.52. The first-order chi connectivity index (χ1) is 16.4. The molecule has 0 aromatic heterocycles. The first-order valence-electron chi connectivity index (χ1n) is 10.7. The Kier molecular flexibility index (Phi) is 9.14. The Bertz CT molecular complexity index is 1030. The molecule has 11 heteroatoms. The highest BCUT2D eigenvalue weighted by molar-refractivity contribution is 8.03. The lowest BCUT2D eigenvalue weighted by molar-refractivity contribution is -0.119. The molecule has 3 rings (SSSR count). The highest BCUT2D eigenvalue weighted by atomic mass is 32.2. The van der Waals surface area contributed by atoms with Crippen LogP contribution in [0, 0.1) is 5.82 Å². The maximum absolute atomic E-state index is 14.9. The van der Waals surface area contributed by atoms with Gasteiger partial charge in [0.1, 0.15) is 11.9 Å². The molecular weight excluding hydrogens is 459 g/mol. The number of nitrogens with zero attached hydrogens (tertiary/aromatic N) is 1. The fourth-order valence-corrected chi connectivity index (χ4v) is 4.05. The third-order valence-electron chi connectivity index (χ3n) is 5.14. The molecule has 0 aliphatic carbocycles. The molecule has 7 N–H and O–H groups in total. The lowest BCUT2D eigenvalue weighted by Crippen LogP contribution is -2.33. The van der Waals surface area contributed by atoms with Crippen molar-refractivity contribution in [1.29, 1.82) is 0 Å². The van der Waals surface area contributed by atoms with E-state index in [1.165, 1.54) is 35.9 Å². The summed E-state index contributed by atoms with van der Waals surface area (Å²) in [6.45, 7) is 3.30. The van der Waals surface area contributed by atoms with E-state index in [2.05, 4.69) is 16.1 Å². The fraction of sp³-hybridized carbons (Fsp3) is 0.304. The molecule has 1 saturated heterocycles. The number of nitrogens with one attached hydrogen (secondary N) is 3. The average Bonchev–Trinajstić information content (AvgIpc) is 3.21. The smallest absolute Gasteiger partial charge is 0.414 e. The zero-order valence-corrected chi connectivity index (χ0v) is 19.7. The van der Waals surface area contributed by atoms with E-state index in [1.807, 2.05) is 24.3 Å². The zero-order chi connectivity index (χ0) is 24.5. The van der Waals surface area contributed by atoms with Crippen LogP contribution in [0.3, 0.4) is 0 Å². The molecule has 2 amide bonds. The van der Waals surface area contributed by atoms with Gasteiger partial charge in [0.25, 0.3) is 0 Å². The number of thioether (sulfide) groups is 1. The van der Waals surface area contributed by atoms with Gasteiger partial charge in [-0.05, 0) is 29.3 Å². The Morgan fingerprint density at radius 2 is 2.06 bits per heavy atom. The lowest BCUT2D eigenvalue weighted by atomic mass is 10.0. The van der Waals surface area contributed by atoms with E-state index in [-0.39, 0.29) is 19.0 Å². The van der Waals surface area contributed by atoms with E-state index in [4.69, 9.17) is 16.3 Å². The molecule has 1 unspecified atom stereocenters. The van der Waals surface area contributed by atoms with E-state index < -0.39 is 18.0 Å². The van der Waals surface area contributed by atoms with Crippen molar-refractivity contribution < 1.29 is 18.7 Å². The molecule has 1 aliphatic rings. The summed E-state index contributed by atoms with van der Waals surface area (Å²) in [5, 5.41) is 6.67. The molecule has 1 heterocycles. The first-order valence-corrected chi connectivity index (χ1v) is 11.7. The summed E-state index contributed by atoms with van der Waals surface area (Å²) < 4.78 is 20.1. The summed E-state index contributed by atoms with van der Waals surface area (Å²) in [7, 11) is 0. The van der Waals surface area contributed by atoms with Gasteiger partial charge < -0.3 is 26.5 Å². The Morgan fingerprint density at radius 1 is 1.29 bits per heavy atom. The van der Waals surface area contributed by atoms with Gasteiger partial charge in [-0.1, -0.05) is 24.3 Å². The van der Waals surface area contributed by atoms with Crippen molar-refractivity contribution in [3.8, 4) is 11.1 Å². The maximum atomic E-state index is 14.9. The van der Waals surface area contributed by atoms with Gasteiger partial charge in [-0.25, -0.2) is 15.0 Å². The molecule has 1 aliphatic heterocycles. The molecule has 2 aromatic rings. The number of benzene rings is 2. The molecule has 0 radical (unpaired) electrons. The topological polar surface area (TPSA) is 135 Å². The summed E-state index contributed by atoms with van der Waals surface area (Å²) in [5.41, 5.74) is 10.6. The Balaban J connectivity index is 1.55. The van der Waals surface area contributed by atoms with Gasteiger partial charge in [0.15, 0.2) is 0 Å². The average molecular weight is 489 g/mol. The number of hydrogen-bond donors (Lipinski definition) is 5. The van der Waals surface area contributed by atoms with Crippen molar-refractivity contribution in [3.63, 3.8) is 0 Å². The van der Waals surface area contributed by atoms with E-state index in [0.29, 0.717) is 22.8 Å². The van der Waals surface area contributed by atoms with Crippen molar-refractivity contribution in [2.24, 2.45) is 11.6 Å². The lowest BCUT2D eigenvalue weighted by Gasteiger charge is -2.15. The Labute approximate surface area is 202 Å². The number of carbonyl (C=O) groups excluding carboxylic acids is 2. The van der Waals surface area contributed by atoms with Crippen molar-refractivity contribution in [2.75, 3.05) is 30.3 Å². The SMILES string of the molecule is CC(=O)NCC1CN(c2ccc(-c3ccc(CNCCS/C(=C/N)NN)cc3)c(F)c2)C(=O)O1. The third kappa shape index (κ3) is 6.86. The number of hydrogen-bond acceptors (Lipinski definition) is 8.